The molecule has 0 radical (unpaired) electrons. The Morgan fingerprint density at radius 1 is 1.38 bits per heavy atom. The van der Waals surface area contributed by atoms with Gasteiger partial charge in [0.15, 0.2) is 0 Å². The van der Waals surface area contributed by atoms with Gasteiger partial charge in [-0.05, 0) is 43.9 Å². The first-order chi connectivity index (χ1) is 6.24. The zero-order valence-corrected chi connectivity index (χ0v) is 8.68. The summed E-state index contributed by atoms with van der Waals surface area (Å²) in [5.74, 6) is 0. The molecule has 2 nitrogen and oxygen atoms in total. The van der Waals surface area contributed by atoms with Gasteiger partial charge >= 0.3 is 0 Å². The Balaban J connectivity index is 1.68. The van der Waals surface area contributed by atoms with Gasteiger partial charge in [-0.1, -0.05) is 6.92 Å². The van der Waals surface area contributed by atoms with Crippen LogP contribution < -0.4 is 11.1 Å². The van der Waals surface area contributed by atoms with Gasteiger partial charge in [0.05, 0.1) is 0 Å². The number of nitrogens with two attached hydrogens (primary N) is 1. The average molecular weight is 182 g/mol. The van der Waals surface area contributed by atoms with Crippen LogP contribution >= 0.6 is 0 Å². The molecule has 0 aromatic rings. The molecule has 2 unspecified atom stereocenters. The second-order valence-electron chi connectivity index (χ2n) is 5.00. The van der Waals surface area contributed by atoms with Crippen LogP contribution in [-0.2, 0) is 0 Å². The summed E-state index contributed by atoms with van der Waals surface area (Å²) < 4.78 is 0. The van der Waals surface area contributed by atoms with E-state index in [1.54, 1.807) is 0 Å². The van der Waals surface area contributed by atoms with E-state index in [2.05, 4.69) is 12.2 Å². The molecule has 0 aromatic heterocycles. The standard InChI is InChI=1S/C11H22N2/c1-2-11(5-6-11)8-13-10-4-3-9(12)7-10/h9-10,13H,2-8,12H2,1H3. The predicted molar refractivity (Wildman–Crippen MR) is 55.6 cm³/mol. The Hall–Kier alpha value is -0.0800. The van der Waals surface area contributed by atoms with Gasteiger partial charge in [-0.25, -0.2) is 0 Å². The number of hydrogen-bond acceptors (Lipinski definition) is 2. The first-order valence-electron chi connectivity index (χ1n) is 5.73. The summed E-state index contributed by atoms with van der Waals surface area (Å²) in [6, 6.07) is 1.19. The number of hydrogen-bond donors (Lipinski definition) is 2. The fourth-order valence-corrected chi connectivity index (χ4v) is 2.39. The van der Waals surface area contributed by atoms with Crippen molar-refractivity contribution in [1.82, 2.24) is 5.32 Å². The van der Waals surface area contributed by atoms with Crippen LogP contribution in [0.4, 0.5) is 0 Å². The topological polar surface area (TPSA) is 38.0 Å². The molecule has 2 atom stereocenters. The van der Waals surface area contributed by atoms with Gasteiger partial charge in [-0.2, -0.15) is 0 Å². The lowest BCUT2D eigenvalue weighted by Gasteiger charge is -2.18. The Kier molecular flexibility index (Phi) is 2.61. The van der Waals surface area contributed by atoms with Crippen molar-refractivity contribution in [3.05, 3.63) is 0 Å². The fraction of sp³-hybridized carbons (Fsp3) is 1.00. The van der Waals surface area contributed by atoms with Gasteiger partial charge < -0.3 is 11.1 Å². The maximum atomic E-state index is 5.87. The van der Waals surface area contributed by atoms with Crippen molar-refractivity contribution in [2.45, 2.75) is 57.5 Å². The Morgan fingerprint density at radius 3 is 2.62 bits per heavy atom. The molecule has 0 heterocycles. The van der Waals surface area contributed by atoms with Crippen molar-refractivity contribution in [2.24, 2.45) is 11.1 Å². The molecule has 0 spiro atoms. The van der Waals surface area contributed by atoms with Crippen molar-refractivity contribution in [1.29, 1.82) is 0 Å². The van der Waals surface area contributed by atoms with Crippen LogP contribution in [0.15, 0.2) is 0 Å². The third-order valence-electron chi connectivity index (χ3n) is 3.95. The number of rotatable bonds is 4. The number of nitrogens with one attached hydrogen (secondary N) is 1. The molecule has 0 aliphatic heterocycles. The molecule has 2 rings (SSSR count). The van der Waals surface area contributed by atoms with E-state index < -0.39 is 0 Å². The van der Waals surface area contributed by atoms with E-state index in [1.165, 1.54) is 45.1 Å². The zero-order chi connectivity index (χ0) is 9.31. The van der Waals surface area contributed by atoms with Crippen LogP contribution in [0.2, 0.25) is 0 Å². The van der Waals surface area contributed by atoms with E-state index in [4.69, 9.17) is 5.73 Å². The smallest absolute Gasteiger partial charge is 0.00826 e. The van der Waals surface area contributed by atoms with Gasteiger partial charge in [-0.3, -0.25) is 0 Å². The van der Waals surface area contributed by atoms with Gasteiger partial charge in [0.2, 0.25) is 0 Å². The summed E-state index contributed by atoms with van der Waals surface area (Å²) in [5, 5.41) is 3.69. The normalized spacial score (nSPS) is 36.5. The molecule has 2 aliphatic rings. The Labute approximate surface area is 81.3 Å². The largest absolute Gasteiger partial charge is 0.328 e. The Morgan fingerprint density at radius 2 is 2.15 bits per heavy atom. The summed E-state index contributed by atoms with van der Waals surface area (Å²) in [5.41, 5.74) is 6.56. The summed E-state index contributed by atoms with van der Waals surface area (Å²) in [7, 11) is 0. The lowest BCUT2D eigenvalue weighted by atomic mass is 10.0. The minimum atomic E-state index is 0.467. The van der Waals surface area contributed by atoms with Crippen molar-refractivity contribution >= 4 is 0 Å². The quantitative estimate of drug-likeness (QED) is 0.693. The Bertz CT molecular complexity index is 175. The van der Waals surface area contributed by atoms with Gasteiger partial charge in [0.1, 0.15) is 0 Å². The average Bonchev–Trinajstić information content (AvgIpc) is 2.81. The van der Waals surface area contributed by atoms with E-state index in [9.17, 15) is 0 Å². The molecular weight excluding hydrogens is 160 g/mol. The molecule has 0 amide bonds. The highest BCUT2D eigenvalue weighted by molar-refractivity contribution is 4.95. The third-order valence-corrected chi connectivity index (χ3v) is 3.95. The molecule has 0 bridgehead atoms. The van der Waals surface area contributed by atoms with Crippen LogP contribution in [0.3, 0.4) is 0 Å². The summed E-state index contributed by atoms with van der Waals surface area (Å²) in [6.45, 7) is 3.55. The molecule has 2 fully saturated rings. The zero-order valence-electron chi connectivity index (χ0n) is 8.68. The molecule has 2 aliphatic carbocycles. The minimum Gasteiger partial charge on any atom is -0.328 e. The predicted octanol–water partition coefficient (Wildman–Crippen LogP) is 1.65. The molecule has 76 valence electrons. The molecule has 3 N–H and O–H groups in total. The fourth-order valence-electron chi connectivity index (χ4n) is 2.39. The SMILES string of the molecule is CCC1(CNC2CCC(N)C2)CC1. The van der Waals surface area contributed by atoms with E-state index in [0.29, 0.717) is 11.5 Å². The maximum absolute atomic E-state index is 5.87. The van der Waals surface area contributed by atoms with Crippen LogP contribution in [-0.4, -0.2) is 18.6 Å². The summed E-state index contributed by atoms with van der Waals surface area (Å²) in [4.78, 5) is 0. The summed E-state index contributed by atoms with van der Waals surface area (Å²) >= 11 is 0. The lowest BCUT2D eigenvalue weighted by Crippen LogP contribution is -2.33. The van der Waals surface area contributed by atoms with Crippen LogP contribution in [0.1, 0.15) is 45.4 Å². The van der Waals surface area contributed by atoms with Crippen molar-refractivity contribution in [3.63, 3.8) is 0 Å². The van der Waals surface area contributed by atoms with Crippen molar-refractivity contribution in [2.75, 3.05) is 6.54 Å². The van der Waals surface area contributed by atoms with Crippen LogP contribution in [0, 0.1) is 5.41 Å². The van der Waals surface area contributed by atoms with Crippen molar-refractivity contribution in [3.8, 4) is 0 Å². The molecule has 0 saturated heterocycles. The lowest BCUT2D eigenvalue weighted by molar-refractivity contribution is 0.400. The third kappa shape index (κ3) is 2.23. The monoisotopic (exact) mass is 182 g/mol. The molecule has 13 heavy (non-hydrogen) atoms. The minimum absolute atomic E-state index is 0.467. The second-order valence-corrected chi connectivity index (χ2v) is 5.00. The van der Waals surface area contributed by atoms with Gasteiger partial charge in [0.25, 0.3) is 0 Å². The maximum Gasteiger partial charge on any atom is 0.00826 e. The molecule has 0 aromatic carbocycles. The molecule has 2 heteroatoms. The van der Waals surface area contributed by atoms with E-state index in [1.807, 2.05) is 0 Å². The van der Waals surface area contributed by atoms with Crippen LogP contribution in [0.25, 0.3) is 0 Å². The van der Waals surface area contributed by atoms with Gasteiger partial charge in [-0.15, -0.1) is 0 Å². The highest BCUT2D eigenvalue weighted by Gasteiger charge is 2.40. The molecule has 2 saturated carbocycles. The second kappa shape index (κ2) is 3.58. The van der Waals surface area contributed by atoms with E-state index >= 15 is 0 Å². The highest BCUT2D eigenvalue weighted by atomic mass is 14.9. The van der Waals surface area contributed by atoms with E-state index in [0.717, 1.165) is 6.04 Å². The first kappa shape index (κ1) is 9.47. The van der Waals surface area contributed by atoms with E-state index in [-0.39, 0.29) is 0 Å². The highest BCUT2D eigenvalue weighted by Crippen LogP contribution is 2.48. The van der Waals surface area contributed by atoms with Gasteiger partial charge in [0, 0.05) is 18.6 Å². The molecular formula is C11H22N2. The summed E-state index contributed by atoms with van der Waals surface area (Å²) in [6.07, 6.45) is 7.93. The van der Waals surface area contributed by atoms with Crippen molar-refractivity contribution < 1.29 is 0 Å². The first-order valence-corrected chi connectivity index (χ1v) is 5.73. The van der Waals surface area contributed by atoms with Crippen LogP contribution in [0.5, 0.6) is 0 Å².